The minimum absolute atomic E-state index is 0.126. The molecule has 0 aromatic rings. The smallest absolute Gasteiger partial charge is 0.410 e. The predicted molar refractivity (Wildman–Crippen MR) is 92.7 cm³/mol. The van der Waals surface area contributed by atoms with E-state index in [1.54, 1.807) is 4.90 Å². The molecule has 0 spiro atoms. The van der Waals surface area contributed by atoms with E-state index in [9.17, 15) is 9.59 Å². The Balaban J connectivity index is 2.51. The maximum absolute atomic E-state index is 12.2. The van der Waals surface area contributed by atoms with Crippen LogP contribution in [0.3, 0.4) is 0 Å². The third-order valence-corrected chi connectivity index (χ3v) is 3.75. The van der Waals surface area contributed by atoms with E-state index in [0.29, 0.717) is 26.2 Å². The molecule has 2 atom stereocenters. The Labute approximate surface area is 145 Å². The normalized spacial score (nSPS) is 22.0. The molecule has 0 aromatic heterocycles. The Morgan fingerprint density at radius 3 is 2.17 bits per heavy atom. The van der Waals surface area contributed by atoms with Crippen molar-refractivity contribution in [2.45, 2.75) is 59.2 Å². The number of alkyl carbamates (subject to hydrolysis) is 1. The lowest BCUT2D eigenvalue weighted by Crippen LogP contribution is -2.50. The van der Waals surface area contributed by atoms with E-state index >= 15 is 0 Å². The van der Waals surface area contributed by atoms with E-state index < -0.39 is 17.3 Å². The van der Waals surface area contributed by atoms with E-state index in [2.05, 4.69) is 5.32 Å². The number of rotatable bonds is 3. The van der Waals surface area contributed by atoms with Gasteiger partial charge in [-0.05, 0) is 66.3 Å². The first kappa shape index (κ1) is 20.5. The molecule has 1 rings (SSSR count). The summed E-state index contributed by atoms with van der Waals surface area (Å²) in [4.78, 5) is 25.7. The van der Waals surface area contributed by atoms with Gasteiger partial charge in [0.25, 0.3) is 0 Å². The fourth-order valence-corrected chi connectivity index (χ4v) is 2.64. The largest absolute Gasteiger partial charge is 0.444 e. The lowest BCUT2D eigenvalue weighted by molar-refractivity contribution is 0.0100. The van der Waals surface area contributed by atoms with Crippen molar-refractivity contribution in [1.82, 2.24) is 10.2 Å². The van der Waals surface area contributed by atoms with Crippen LogP contribution >= 0.6 is 0 Å². The van der Waals surface area contributed by atoms with Crippen LogP contribution in [-0.4, -0.2) is 54.5 Å². The monoisotopic (exact) mass is 343 g/mol. The minimum Gasteiger partial charge on any atom is -0.444 e. The number of nitrogens with zero attached hydrogens (tertiary/aromatic N) is 1. The van der Waals surface area contributed by atoms with Crippen LogP contribution < -0.4 is 11.1 Å². The van der Waals surface area contributed by atoms with Gasteiger partial charge in [0.2, 0.25) is 0 Å². The highest BCUT2D eigenvalue weighted by molar-refractivity contribution is 5.68. The summed E-state index contributed by atoms with van der Waals surface area (Å²) in [5.41, 5.74) is 4.84. The third kappa shape index (κ3) is 7.38. The zero-order valence-corrected chi connectivity index (χ0v) is 15.8. The van der Waals surface area contributed by atoms with Gasteiger partial charge in [-0.1, -0.05) is 0 Å². The Morgan fingerprint density at radius 2 is 1.67 bits per heavy atom. The molecule has 24 heavy (non-hydrogen) atoms. The van der Waals surface area contributed by atoms with Gasteiger partial charge in [0.1, 0.15) is 11.2 Å². The minimum atomic E-state index is -0.516. The number of likely N-dealkylation sites (tertiary alicyclic amines) is 1. The number of hydrogen-bond donors (Lipinski definition) is 2. The first-order chi connectivity index (χ1) is 10.9. The van der Waals surface area contributed by atoms with Crippen LogP contribution in [0.2, 0.25) is 0 Å². The fourth-order valence-electron chi connectivity index (χ4n) is 2.64. The van der Waals surface area contributed by atoms with Crippen LogP contribution in [0.25, 0.3) is 0 Å². The number of nitrogens with two attached hydrogens (primary N) is 1. The molecule has 3 N–H and O–H groups in total. The molecule has 1 aliphatic heterocycles. The standard InChI is InChI=1S/C17H33N3O4/c1-16(2,3)23-14(21)19-10-12-7-8-20(11-13(12)9-18)15(22)24-17(4,5)6/h12-13H,7-11,18H2,1-6H3,(H,19,21)/t12-,13-/m0/s1. The zero-order valence-electron chi connectivity index (χ0n) is 15.8. The molecule has 1 fully saturated rings. The van der Waals surface area contributed by atoms with E-state index in [0.717, 1.165) is 6.42 Å². The Hall–Kier alpha value is -1.50. The van der Waals surface area contributed by atoms with Gasteiger partial charge in [-0.25, -0.2) is 9.59 Å². The maximum Gasteiger partial charge on any atom is 0.410 e. The average molecular weight is 343 g/mol. The molecular weight excluding hydrogens is 310 g/mol. The summed E-state index contributed by atoms with van der Waals surface area (Å²) in [6.45, 7) is 13.1. The van der Waals surface area contributed by atoms with Gasteiger partial charge in [-0.15, -0.1) is 0 Å². The molecule has 0 radical (unpaired) electrons. The van der Waals surface area contributed by atoms with Gasteiger partial charge in [-0.2, -0.15) is 0 Å². The number of amides is 2. The molecule has 7 nitrogen and oxygen atoms in total. The molecule has 0 bridgehead atoms. The van der Waals surface area contributed by atoms with Gasteiger partial charge in [0, 0.05) is 19.6 Å². The quantitative estimate of drug-likeness (QED) is 0.820. The molecule has 0 aliphatic carbocycles. The summed E-state index contributed by atoms with van der Waals surface area (Å²) in [5, 5.41) is 2.80. The van der Waals surface area contributed by atoms with Crippen molar-refractivity contribution in [2.75, 3.05) is 26.2 Å². The van der Waals surface area contributed by atoms with E-state index in [1.807, 2.05) is 41.5 Å². The van der Waals surface area contributed by atoms with Gasteiger partial charge in [0.05, 0.1) is 0 Å². The van der Waals surface area contributed by atoms with Crippen LogP contribution in [0.1, 0.15) is 48.0 Å². The van der Waals surface area contributed by atoms with Crippen LogP contribution in [0.4, 0.5) is 9.59 Å². The Morgan fingerprint density at radius 1 is 1.08 bits per heavy atom. The van der Waals surface area contributed by atoms with Gasteiger partial charge < -0.3 is 25.4 Å². The average Bonchev–Trinajstić information content (AvgIpc) is 2.41. The van der Waals surface area contributed by atoms with Gasteiger partial charge in [-0.3, -0.25) is 0 Å². The lowest BCUT2D eigenvalue weighted by Gasteiger charge is -2.38. The molecular formula is C17H33N3O4. The van der Waals surface area contributed by atoms with E-state index in [1.165, 1.54) is 0 Å². The number of nitrogens with one attached hydrogen (secondary N) is 1. The van der Waals surface area contributed by atoms with Crippen molar-refractivity contribution in [3.05, 3.63) is 0 Å². The first-order valence-electron chi connectivity index (χ1n) is 8.56. The zero-order chi connectivity index (χ0) is 18.5. The van der Waals surface area contributed by atoms with Crippen LogP contribution in [0.5, 0.6) is 0 Å². The molecule has 2 amide bonds. The lowest BCUT2D eigenvalue weighted by atomic mass is 9.85. The van der Waals surface area contributed by atoms with Crippen LogP contribution in [0.15, 0.2) is 0 Å². The highest BCUT2D eigenvalue weighted by Gasteiger charge is 2.33. The second-order valence-electron chi connectivity index (χ2n) is 8.35. The van der Waals surface area contributed by atoms with Gasteiger partial charge >= 0.3 is 12.2 Å². The highest BCUT2D eigenvalue weighted by atomic mass is 16.6. The summed E-state index contributed by atoms with van der Waals surface area (Å²) < 4.78 is 10.7. The molecule has 1 aliphatic rings. The summed E-state index contributed by atoms with van der Waals surface area (Å²) in [6, 6.07) is 0. The van der Waals surface area contributed by atoms with Crippen molar-refractivity contribution >= 4 is 12.2 Å². The second kappa shape index (κ2) is 8.05. The molecule has 140 valence electrons. The van der Waals surface area contributed by atoms with Gasteiger partial charge in [0.15, 0.2) is 0 Å². The molecule has 0 aromatic carbocycles. The number of carbonyl (C=O) groups is 2. The fraction of sp³-hybridized carbons (Fsp3) is 0.882. The third-order valence-electron chi connectivity index (χ3n) is 3.75. The van der Waals surface area contributed by atoms with Crippen molar-refractivity contribution in [1.29, 1.82) is 0 Å². The van der Waals surface area contributed by atoms with Crippen LogP contribution in [-0.2, 0) is 9.47 Å². The first-order valence-corrected chi connectivity index (χ1v) is 8.56. The molecule has 0 saturated carbocycles. The van der Waals surface area contributed by atoms with Crippen molar-refractivity contribution in [2.24, 2.45) is 17.6 Å². The molecule has 1 saturated heterocycles. The Kier molecular flexibility index (Phi) is 6.89. The second-order valence-corrected chi connectivity index (χ2v) is 8.35. The van der Waals surface area contributed by atoms with Crippen molar-refractivity contribution in [3.8, 4) is 0 Å². The van der Waals surface area contributed by atoms with Crippen molar-refractivity contribution < 1.29 is 19.1 Å². The number of carbonyl (C=O) groups excluding carboxylic acids is 2. The predicted octanol–water partition coefficient (Wildman–Crippen LogP) is 2.34. The van der Waals surface area contributed by atoms with Crippen molar-refractivity contribution in [3.63, 3.8) is 0 Å². The summed E-state index contributed by atoms with van der Waals surface area (Å²) in [5.74, 6) is 0.349. The Bertz CT molecular complexity index is 440. The maximum atomic E-state index is 12.2. The highest BCUT2D eigenvalue weighted by Crippen LogP contribution is 2.24. The molecule has 1 heterocycles. The number of hydrogen-bond acceptors (Lipinski definition) is 5. The molecule has 7 heteroatoms. The van der Waals surface area contributed by atoms with E-state index in [-0.39, 0.29) is 17.9 Å². The molecule has 0 unspecified atom stereocenters. The SMILES string of the molecule is CC(C)(C)OC(=O)NC[C@@H]1CCN(C(=O)OC(C)(C)C)C[C@@H]1CN. The van der Waals surface area contributed by atoms with E-state index in [4.69, 9.17) is 15.2 Å². The topological polar surface area (TPSA) is 93.9 Å². The number of piperidine rings is 1. The summed E-state index contributed by atoms with van der Waals surface area (Å²) in [7, 11) is 0. The summed E-state index contributed by atoms with van der Waals surface area (Å²) >= 11 is 0. The van der Waals surface area contributed by atoms with Crippen LogP contribution in [0, 0.1) is 11.8 Å². The summed E-state index contributed by atoms with van der Waals surface area (Å²) in [6.07, 6.45) is 0.0454. The number of ether oxygens (including phenoxy) is 2.